The van der Waals surface area contributed by atoms with Crippen molar-refractivity contribution < 1.29 is 14.3 Å². The number of nitrogens with one attached hydrogen (secondary N) is 2. The van der Waals surface area contributed by atoms with E-state index in [0.717, 1.165) is 36.0 Å². The number of nitrogens with zero attached hydrogens (tertiary/aromatic N) is 4. The summed E-state index contributed by atoms with van der Waals surface area (Å²) in [6, 6.07) is 16.4. The van der Waals surface area contributed by atoms with Crippen LogP contribution in [0, 0.1) is 0 Å². The maximum atomic E-state index is 12.8. The van der Waals surface area contributed by atoms with Crippen molar-refractivity contribution in [3.8, 4) is 5.75 Å². The van der Waals surface area contributed by atoms with Gasteiger partial charge in [-0.2, -0.15) is 0 Å². The van der Waals surface area contributed by atoms with E-state index in [0.29, 0.717) is 23.7 Å². The van der Waals surface area contributed by atoms with Gasteiger partial charge in [0.05, 0.1) is 18.8 Å². The van der Waals surface area contributed by atoms with Crippen LogP contribution in [-0.2, 0) is 0 Å². The lowest BCUT2D eigenvalue weighted by Crippen LogP contribution is -2.48. The standard InChI is InChI=1S/C27H27N7O3/c1-37-21-9-6-17(7-10-21)27(36)32-20-5-3-13-34(16-20)23-15-30-24(25(28)35)26(33-23)31-19-8-11-22-18(14-19)4-2-12-29-22/h2,4,6-12,14-15,20H,3,5,13,16H2,1H3,(H2,28,35)(H,31,33)(H,32,36). The molecule has 4 N–H and O–H groups in total. The molecule has 2 aromatic carbocycles. The van der Waals surface area contributed by atoms with Crippen LogP contribution in [0.2, 0.25) is 0 Å². The molecule has 1 aliphatic rings. The molecule has 10 heteroatoms. The first-order chi connectivity index (χ1) is 18.0. The maximum absolute atomic E-state index is 12.8. The van der Waals surface area contributed by atoms with Crippen LogP contribution in [0.1, 0.15) is 33.7 Å². The van der Waals surface area contributed by atoms with Gasteiger partial charge in [0.2, 0.25) is 0 Å². The number of anilines is 3. The van der Waals surface area contributed by atoms with Crippen LogP contribution in [0.15, 0.2) is 67.0 Å². The number of hydrogen-bond donors (Lipinski definition) is 3. The molecule has 3 heterocycles. The molecule has 2 amide bonds. The second kappa shape index (κ2) is 10.5. The number of carbonyl (C=O) groups is 2. The lowest BCUT2D eigenvalue weighted by molar-refractivity contribution is 0.0931. The molecule has 5 rings (SSSR count). The molecule has 1 saturated heterocycles. The highest BCUT2D eigenvalue weighted by Crippen LogP contribution is 2.25. The number of amides is 2. The molecule has 2 aromatic heterocycles. The average molecular weight is 498 g/mol. The van der Waals surface area contributed by atoms with Crippen molar-refractivity contribution in [2.75, 3.05) is 30.4 Å². The molecular weight excluding hydrogens is 470 g/mol. The Labute approximate surface area is 213 Å². The maximum Gasteiger partial charge on any atom is 0.271 e. The molecule has 0 aliphatic carbocycles. The first-order valence-corrected chi connectivity index (χ1v) is 12.0. The zero-order chi connectivity index (χ0) is 25.8. The van der Waals surface area contributed by atoms with Gasteiger partial charge >= 0.3 is 0 Å². The fourth-order valence-corrected chi connectivity index (χ4v) is 4.40. The van der Waals surface area contributed by atoms with Crippen molar-refractivity contribution in [1.29, 1.82) is 0 Å². The quantitative estimate of drug-likeness (QED) is 0.354. The van der Waals surface area contributed by atoms with Crippen molar-refractivity contribution in [1.82, 2.24) is 20.3 Å². The van der Waals surface area contributed by atoms with Gasteiger partial charge in [-0.25, -0.2) is 9.97 Å². The van der Waals surface area contributed by atoms with Crippen molar-refractivity contribution in [2.45, 2.75) is 18.9 Å². The van der Waals surface area contributed by atoms with E-state index in [2.05, 4.69) is 25.5 Å². The van der Waals surface area contributed by atoms with Gasteiger partial charge in [0.25, 0.3) is 11.8 Å². The first-order valence-electron chi connectivity index (χ1n) is 12.0. The minimum absolute atomic E-state index is 0.0522. The van der Waals surface area contributed by atoms with Crippen molar-refractivity contribution >= 4 is 40.0 Å². The summed E-state index contributed by atoms with van der Waals surface area (Å²) >= 11 is 0. The van der Waals surface area contributed by atoms with Crippen LogP contribution in [0.25, 0.3) is 10.9 Å². The molecule has 1 fully saturated rings. The van der Waals surface area contributed by atoms with Gasteiger partial charge in [-0.05, 0) is 61.4 Å². The number of primary amides is 1. The minimum Gasteiger partial charge on any atom is -0.497 e. The molecule has 0 saturated carbocycles. The number of nitrogens with two attached hydrogens (primary N) is 1. The second-order valence-corrected chi connectivity index (χ2v) is 8.81. The van der Waals surface area contributed by atoms with Crippen LogP contribution in [0.4, 0.5) is 17.3 Å². The van der Waals surface area contributed by atoms with Gasteiger partial charge in [-0.15, -0.1) is 0 Å². The third-order valence-electron chi connectivity index (χ3n) is 6.29. The van der Waals surface area contributed by atoms with Crippen molar-refractivity contribution in [2.24, 2.45) is 5.73 Å². The molecule has 0 spiro atoms. The number of methoxy groups -OCH3 is 1. The van der Waals surface area contributed by atoms with Gasteiger partial charge in [0, 0.05) is 42.0 Å². The van der Waals surface area contributed by atoms with Gasteiger partial charge in [0.1, 0.15) is 11.6 Å². The zero-order valence-corrected chi connectivity index (χ0v) is 20.3. The summed E-state index contributed by atoms with van der Waals surface area (Å²) in [7, 11) is 1.59. The van der Waals surface area contributed by atoms with Crippen molar-refractivity contribution in [3.63, 3.8) is 0 Å². The smallest absolute Gasteiger partial charge is 0.271 e. The monoisotopic (exact) mass is 497 g/mol. The second-order valence-electron chi connectivity index (χ2n) is 8.81. The summed E-state index contributed by atoms with van der Waals surface area (Å²) in [5.41, 5.74) is 7.79. The van der Waals surface area contributed by atoms with E-state index >= 15 is 0 Å². The molecule has 1 atom stereocenters. The fourth-order valence-electron chi connectivity index (χ4n) is 4.40. The molecule has 1 aliphatic heterocycles. The molecule has 188 valence electrons. The molecule has 4 aromatic rings. The Morgan fingerprint density at radius 1 is 1.11 bits per heavy atom. The number of carbonyl (C=O) groups excluding carboxylic acids is 2. The van der Waals surface area contributed by atoms with E-state index in [-0.39, 0.29) is 23.5 Å². The zero-order valence-electron chi connectivity index (χ0n) is 20.3. The first kappa shape index (κ1) is 24.0. The van der Waals surface area contributed by atoms with E-state index < -0.39 is 5.91 Å². The minimum atomic E-state index is -0.674. The number of pyridine rings is 1. The average Bonchev–Trinajstić information content (AvgIpc) is 2.93. The number of benzene rings is 2. The highest BCUT2D eigenvalue weighted by Gasteiger charge is 2.24. The largest absolute Gasteiger partial charge is 0.497 e. The number of aromatic nitrogens is 3. The molecule has 0 radical (unpaired) electrons. The lowest BCUT2D eigenvalue weighted by atomic mass is 10.0. The Morgan fingerprint density at radius 2 is 1.95 bits per heavy atom. The van der Waals surface area contributed by atoms with E-state index in [4.69, 9.17) is 15.5 Å². The van der Waals surface area contributed by atoms with E-state index in [1.807, 2.05) is 30.3 Å². The highest BCUT2D eigenvalue weighted by atomic mass is 16.5. The molecule has 10 nitrogen and oxygen atoms in total. The third kappa shape index (κ3) is 5.43. The molecule has 1 unspecified atom stereocenters. The van der Waals surface area contributed by atoms with Crippen LogP contribution in [-0.4, -0.2) is 53.0 Å². The number of piperidine rings is 1. The molecule has 0 bridgehead atoms. The number of fused-ring (bicyclic) bond motifs is 1. The highest BCUT2D eigenvalue weighted by molar-refractivity contribution is 5.97. The van der Waals surface area contributed by atoms with Crippen LogP contribution in [0.3, 0.4) is 0 Å². The molecular formula is C27H27N7O3. The summed E-state index contributed by atoms with van der Waals surface area (Å²) in [4.78, 5) is 40.2. The van der Waals surface area contributed by atoms with Crippen LogP contribution < -0.4 is 26.0 Å². The predicted octanol–water partition coefficient (Wildman–Crippen LogP) is 3.27. The Bertz CT molecular complexity index is 1440. The third-order valence-corrected chi connectivity index (χ3v) is 6.29. The summed E-state index contributed by atoms with van der Waals surface area (Å²) in [5.74, 6) is 0.754. The number of rotatable bonds is 7. The van der Waals surface area contributed by atoms with Crippen LogP contribution >= 0.6 is 0 Å². The Hall–Kier alpha value is -4.73. The predicted molar refractivity (Wildman–Crippen MR) is 141 cm³/mol. The van der Waals surface area contributed by atoms with Crippen molar-refractivity contribution in [3.05, 3.63) is 78.2 Å². The SMILES string of the molecule is COc1ccc(C(=O)NC2CCCN(c3cnc(C(N)=O)c(Nc4ccc5ncccc5c4)n3)C2)cc1. The number of hydrogen-bond acceptors (Lipinski definition) is 8. The van der Waals surface area contributed by atoms with Gasteiger partial charge < -0.3 is 26.0 Å². The summed E-state index contributed by atoms with van der Waals surface area (Å²) < 4.78 is 5.16. The van der Waals surface area contributed by atoms with Crippen LogP contribution in [0.5, 0.6) is 5.75 Å². The van der Waals surface area contributed by atoms with Gasteiger partial charge in [-0.3, -0.25) is 14.6 Å². The summed E-state index contributed by atoms with van der Waals surface area (Å²) in [6.07, 6.45) is 5.00. The fraction of sp³-hybridized carbons (Fsp3) is 0.222. The molecule has 37 heavy (non-hydrogen) atoms. The Kier molecular flexibility index (Phi) is 6.80. The van der Waals surface area contributed by atoms with E-state index in [1.165, 1.54) is 0 Å². The Balaban J connectivity index is 1.33. The Morgan fingerprint density at radius 3 is 2.73 bits per heavy atom. The van der Waals surface area contributed by atoms with Gasteiger partial charge in [0.15, 0.2) is 11.5 Å². The van der Waals surface area contributed by atoms with E-state index in [9.17, 15) is 9.59 Å². The lowest BCUT2D eigenvalue weighted by Gasteiger charge is -2.34. The summed E-state index contributed by atoms with van der Waals surface area (Å²) in [5, 5.41) is 7.25. The van der Waals surface area contributed by atoms with Gasteiger partial charge in [-0.1, -0.05) is 6.07 Å². The topological polar surface area (TPSA) is 135 Å². The van der Waals surface area contributed by atoms with E-state index in [1.54, 1.807) is 43.8 Å². The normalized spacial score (nSPS) is 15.3. The number of ether oxygens (including phenoxy) is 1. The summed E-state index contributed by atoms with van der Waals surface area (Å²) in [6.45, 7) is 1.31.